The van der Waals surface area contributed by atoms with E-state index in [2.05, 4.69) is 10.6 Å². The summed E-state index contributed by atoms with van der Waals surface area (Å²) >= 11 is 1.16. The topological polar surface area (TPSA) is 95.5 Å². The van der Waals surface area contributed by atoms with Crippen LogP contribution in [0.4, 0.5) is 10.1 Å². The largest absolute Gasteiger partial charge is 0.481 e. The fourth-order valence-electron chi connectivity index (χ4n) is 2.74. The second-order valence-electron chi connectivity index (χ2n) is 6.00. The van der Waals surface area contributed by atoms with Crippen molar-refractivity contribution in [1.29, 1.82) is 0 Å². The maximum atomic E-state index is 12.8. The van der Waals surface area contributed by atoms with E-state index in [0.29, 0.717) is 18.5 Å². The summed E-state index contributed by atoms with van der Waals surface area (Å²) in [6, 6.07) is 5.07. The van der Waals surface area contributed by atoms with Gasteiger partial charge in [0, 0.05) is 11.7 Å². The minimum absolute atomic E-state index is 0.0684. The minimum atomic E-state index is -0.887. The van der Waals surface area contributed by atoms with E-state index in [4.69, 9.17) is 5.11 Å². The van der Waals surface area contributed by atoms with E-state index < -0.39 is 17.1 Å². The molecule has 2 amide bonds. The number of thioether (sulfide) groups is 1. The van der Waals surface area contributed by atoms with Crippen LogP contribution in [0.1, 0.15) is 26.2 Å². The molecule has 1 aliphatic rings. The molecule has 0 aromatic heterocycles. The van der Waals surface area contributed by atoms with Gasteiger partial charge in [0.25, 0.3) is 0 Å². The Labute approximate surface area is 149 Å². The van der Waals surface area contributed by atoms with Crippen LogP contribution in [0.15, 0.2) is 24.3 Å². The van der Waals surface area contributed by atoms with Gasteiger partial charge in [-0.2, -0.15) is 0 Å². The molecule has 8 heteroatoms. The van der Waals surface area contributed by atoms with Crippen LogP contribution in [0.3, 0.4) is 0 Å². The molecular formula is C17H21FN2O4S. The van der Waals surface area contributed by atoms with Crippen molar-refractivity contribution < 1.29 is 23.9 Å². The number of carbonyl (C=O) groups excluding carboxylic acids is 2. The van der Waals surface area contributed by atoms with E-state index in [1.807, 2.05) is 0 Å². The molecule has 2 rings (SSSR count). The Kier molecular flexibility index (Phi) is 6.81. The normalized spacial score (nSPS) is 20.7. The average molecular weight is 368 g/mol. The van der Waals surface area contributed by atoms with Gasteiger partial charge in [-0.15, -0.1) is 11.8 Å². The molecule has 3 atom stereocenters. The number of hydrogen-bond donors (Lipinski definition) is 3. The quantitative estimate of drug-likeness (QED) is 0.686. The van der Waals surface area contributed by atoms with E-state index >= 15 is 0 Å². The molecule has 1 saturated carbocycles. The summed E-state index contributed by atoms with van der Waals surface area (Å²) in [7, 11) is 0. The van der Waals surface area contributed by atoms with Crippen LogP contribution in [-0.2, 0) is 14.4 Å². The number of carboxylic acids is 1. The molecule has 0 saturated heterocycles. The summed E-state index contributed by atoms with van der Waals surface area (Å²) in [5, 5.41) is 14.1. The van der Waals surface area contributed by atoms with Crippen molar-refractivity contribution in [1.82, 2.24) is 5.32 Å². The molecule has 1 unspecified atom stereocenters. The fourth-order valence-corrected chi connectivity index (χ4v) is 3.43. The zero-order valence-electron chi connectivity index (χ0n) is 13.8. The number of hydrogen-bond acceptors (Lipinski definition) is 4. The fraction of sp³-hybridized carbons (Fsp3) is 0.471. The Morgan fingerprint density at radius 3 is 2.60 bits per heavy atom. The van der Waals surface area contributed by atoms with E-state index in [1.165, 1.54) is 24.3 Å². The molecule has 3 N–H and O–H groups in total. The lowest BCUT2D eigenvalue weighted by atomic mass is 10.0. The maximum absolute atomic E-state index is 12.8. The highest BCUT2D eigenvalue weighted by Crippen LogP contribution is 2.26. The van der Waals surface area contributed by atoms with Crippen molar-refractivity contribution in [3.8, 4) is 0 Å². The van der Waals surface area contributed by atoms with Gasteiger partial charge in [-0.1, -0.05) is 6.42 Å². The van der Waals surface area contributed by atoms with Gasteiger partial charge in [0.2, 0.25) is 11.8 Å². The molecule has 0 bridgehead atoms. The molecule has 6 nitrogen and oxygen atoms in total. The molecule has 1 aromatic carbocycles. The molecule has 0 aliphatic heterocycles. The second-order valence-corrected chi connectivity index (χ2v) is 7.33. The van der Waals surface area contributed by atoms with Gasteiger partial charge >= 0.3 is 5.97 Å². The van der Waals surface area contributed by atoms with Crippen LogP contribution in [0.25, 0.3) is 0 Å². The lowest BCUT2D eigenvalue weighted by Gasteiger charge is -2.20. The SMILES string of the molecule is CC(SCC(=O)Nc1ccc(F)cc1)C(=O)N[C@@H]1CCC[C@@H]1C(=O)O. The maximum Gasteiger partial charge on any atom is 0.308 e. The Hall–Kier alpha value is -2.09. The lowest BCUT2D eigenvalue weighted by molar-refractivity contribution is -0.142. The van der Waals surface area contributed by atoms with E-state index in [-0.39, 0.29) is 29.4 Å². The minimum Gasteiger partial charge on any atom is -0.481 e. The average Bonchev–Trinajstić information content (AvgIpc) is 3.03. The van der Waals surface area contributed by atoms with Gasteiger partial charge in [0.05, 0.1) is 16.9 Å². The predicted molar refractivity (Wildman–Crippen MR) is 93.9 cm³/mol. The lowest BCUT2D eigenvalue weighted by Crippen LogP contribution is -2.43. The van der Waals surface area contributed by atoms with Crippen molar-refractivity contribution in [3.05, 3.63) is 30.1 Å². The van der Waals surface area contributed by atoms with Gasteiger partial charge in [-0.25, -0.2) is 4.39 Å². The van der Waals surface area contributed by atoms with Crippen LogP contribution in [-0.4, -0.2) is 39.9 Å². The molecule has 1 fully saturated rings. The number of anilines is 1. The van der Waals surface area contributed by atoms with Crippen LogP contribution in [0.5, 0.6) is 0 Å². The predicted octanol–water partition coefficient (Wildman–Crippen LogP) is 2.26. The first kappa shape index (κ1) is 19.2. The van der Waals surface area contributed by atoms with Gasteiger partial charge in [-0.05, 0) is 44.0 Å². The van der Waals surface area contributed by atoms with E-state index in [1.54, 1.807) is 6.92 Å². The third-order valence-corrected chi connectivity index (χ3v) is 5.27. The summed E-state index contributed by atoms with van der Waals surface area (Å²) < 4.78 is 12.8. The third-order valence-electron chi connectivity index (χ3n) is 4.12. The summed E-state index contributed by atoms with van der Waals surface area (Å²) in [5.41, 5.74) is 0.486. The number of nitrogens with one attached hydrogen (secondary N) is 2. The van der Waals surface area contributed by atoms with Crippen molar-refractivity contribution in [2.45, 2.75) is 37.5 Å². The standard InChI is InChI=1S/C17H21FN2O4S/c1-10(16(22)20-14-4-2-3-13(14)17(23)24)25-9-15(21)19-12-7-5-11(18)6-8-12/h5-8,10,13-14H,2-4,9H2,1H3,(H,19,21)(H,20,22)(H,23,24)/t10?,13-,14+/m0/s1. The first-order valence-corrected chi connectivity index (χ1v) is 9.12. The molecule has 0 radical (unpaired) electrons. The smallest absolute Gasteiger partial charge is 0.308 e. The molecule has 136 valence electrons. The highest BCUT2D eigenvalue weighted by atomic mass is 32.2. The first-order valence-electron chi connectivity index (χ1n) is 8.07. The number of halogens is 1. The van der Waals surface area contributed by atoms with Gasteiger partial charge < -0.3 is 15.7 Å². The number of aliphatic carboxylic acids is 1. The molecule has 25 heavy (non-hydrogen) atoms. The van der Waals surface area contributed by atoms with Crippen molar-refractivity contribution in [3.63, 3.8) is 0 Å². The monoisotopic (exact) mass is 368 g/mol. The number of carboxylic acid groups (broad SMARTS) is 1. The third kappa shape index (κ3) is 5.74. The molecular weight excluding hydrogens is 347 g/mol. The number of benzene rings is 1. The molecule has 0 spiro atoms. The summed E-state index contributed by atoms with van der Waals surface area (Å²) in [4.78, 5) is 35.2. The Bertz CT molecular complexity index is 638. The van der Waals surface area contributed by atoms with Gasteiger partial charge in [0.15, 0.2) is 0 Å². The first-order chi connectivity index (χ1) is 11.9. The molecule has 1 aliphatic carbocycles. The zero-order valence-corrected chi connectivity index (χ0v) is 14.6. The highest BCUT2D eigenvalue weighted by Gasteiger charge is 2.34. The summed E-state index contributed by atoms with van der Waals surface area (Å²) in [5.74, 6) is -2.30. The second kappa shape index (κ2) is 8.84. The molecule has 1 aromatic rings. The summed E-state index contributed by atoms with van der Waals surface area (Å²) in [6.45, 7) is 1.68. The van der Waals surface area contributed by atoms with E-state index in [9.17, 15) is 18.8 Å². The number of carbonyl (C=O) groups is 3. The zero-order chi connectivity index (χ0) is 18.4. The van der Waals surface area contributed by atoms with Gasteiger partial charge in [0.1, 0.15) is 5.82 Å². The molecule has 0 heterocycles. The van der Waals surface area contributed by atoms with Crippen LogP contribution in [0.2, 0.25) is 0 Å². The van der Waals surface area contributed by atoms with Crippen LogP contribution >= 0.6 is 11.8 Å². The number of amides is 2. The highest BCUT2D eigenvalue weighted by molar-refractivity contribution is 8.01. The van der Waals surface area contributed by atoms with Crippen molar-refractivity contribution >= 4 is 35.2 Å². The van der Waals surface area contributed by atoms with Crippen molar-refractivity contribution in [2.24, 2.45) is 5.92 Å². The van der Waals surface area contributed by atoms with Gasteiger partial charge in [-0.3, -0.25) is 14.4 Å². The van der Waals surface area contributed by atoms with E-state index in [0.717, 1.165) is 18.2 Å². The van der Waals surface area contributed by atoms with Crippen LogP contribution in [0, 0.1) is 11.7 Å². The van der Waals surface area contributed by atoms with Crippen LogP contribution < -0.4 is 10.6 Å². The number of rotatable bonds is 7. The Balaban J connectivity index is 1.76. The summed E-state index contributed by atoms with van der Waals surface area (Å²) in [6.07, 6.45) is 2.01. The van der Waals surface area contributed by atoms with Crippen molar-refractivity contribution in [2.75, 3.05) is 11.1 Å². The Morgan fingerprint density at radius 2 is 1.96 bits per heavy atom. The Morgan fingerprint density at radius 1 is 1.28 bits per heavy atom.